The van der Waals surface area contributed by atoms with Gasteiger partial charge in [0, 0.05) is 12.1 Å². The van der Waals surface area contributed by atoms with Crippen molar-refractivity contribution >= 4 is 18.3 Å². The van der Waals surface area contributed by atoms with Gasteiger partial charge in [-0.25, -0.2) is 0 Å². The summed E-state index contributed by atoms with van der Waals surface area (Å²) in [5.41, 5.74) is 6.76. The van der Waals surface area contributed by atoms with Gasteiger partial charge in [0.05, 0.1) is 19.8 Å². The van der Waals surface area contributed by atoms with Crippen molar-refractivity contribution in [2.45, 2.75) is 33.2 Å². The van der Waals surface area contributed by atoms with Crippen molar-refractivity contribution in [3.8, 4) is 11.5 Å². The van der Waals surface area contributed by atoms with E-state index in [-0.39, 0.29) is 24.2 Å². The van der Waals surface area contributed by atoms with Gasteiger partial charge in [0.25, 0.3) is 5.91 Å². The fraction of sp³-hybridized carbons (Fsp3) is 0.562. The minimum absolute atomic E-state index is 0. The second-order valence-electron chi connectivity index (χ2n) is 5.75. The third-order valence-electron chi connectivity index (χ3n) is 4.07. The van der Waals surface area contributed by atoms with E-state index in [0.29, 0.717) is 23.6 Å². The Kier molecular flexibility index (Phi) is 7.70. The second kappa shape index (κ2) is 8.25. The Balaban J connectivity index is 0.00000441. The molecule has 0 heterocycles. The molecular weight excluding hydrogens is 304 g/mol. The van der Waals surface area contributed by atoms with E-state index in [1.54, 1.807) is 26.4 Å². The van der Waals surface area contributed by atoms with Crippen LogP contribution in [0.25, 0.3) is 0 Å². The number of ether oxygens (including phenoxy) is 2. The van der Waals surface area contributed by atoms with Gasteiger partial charge in [0.2, 0.25) is 0 Å². The number of nitrogens with two attached hydrogens (primary N) is 1. The Morgan fingerprint density at radius 2 is 1.77 bits per heavy atom. The number of carbonyl (C=O) groups excluding carboxylic acids is 1. The summed E-state index contributed by atoms with van der Waals surface area (Å²) >= 11 is 0. The molecule has 1 rings (SSSR count). The maximum Gasteiger partial charge on any atom is 0.252 e. The molecule has 0 bridgehead atoms. The lowest BCUT2D eigenvalue weighted by atomic mass is 9.88. The highest BCUT2D eigenvalue weighted by atomic mass is 35.5. The molecular formula is C16H27ClN2O3. The molecule has 1 aromatic rings. The lowest BCUT2D eigenvalue weighted by molar-refractivity contribution is 0.0882. The molecule has 3 N–H and O–H groups in total. The first kappa shape index (κ1) is 20.5. The van der Waals surface area contributed by atoms with Crippen LogP contribution in [0.1, 0.15) is 36.7 Å². The normalized spacial score (nSPS) is 13.1. The van der Waals surface area contributed by atoms with Crippen LogP contribution in [-0.2, 0) is 0 Å². The number of amides is 1. The lowest BCUT2D eigenvalue weighted by Gasteiger charge is -2.33. The van der Waals surface area contributed by atoms with Crippen molar-refractivity contribution in [1.29, 1.82) is 0 Å². The van der Waals surface area contributed by atoms with Crippen LogP contribution in [0, 0.1) is 12.8 Å². The van der Waals surface area contributed by atoms with Gasteiger partial charge in [-0.05, 0) is 37.5 Å². The number of hydrogen-bond donors (Lipinski definition) is 2. The second-order valence-corrected chi connectivity index (χ2v) is 5.75. The minimum atomic E-state index is -0.448. The Labute approximate surface area is 139 Å². The Bertz CT molecular complexity index is 520. The molecule has 1 atom stereocenters. The predicted molar refractivity (Wildman–Crippen MR) is 91.3 cm³/mol. The number of methoxy groups -OCH3 is 2. The fourth-order valence-corrected chi connectivity index (χ4v) is 1.98. The van der Waals surface area contributed by atoms with Gasteiger partial charge in [-0.15, -0.1) is 12.4 Å². The predicted octanol–water partition coefficient (Wildman–Crippen LogP) is 2.54. The molecule has 5 nitrogen and oxygen atoms in total. The number of aryl methyl sites for hydroxylation is 1. The van der Waals surface area contributed by atoms with Crippen LogP contribution >= 0.6 is 12.4 Å². The minimum Gasteiger partial charge on any atom is -0.493 e. The molecule has 0 radical (unpaired) electrons. The SMILES string of the molecule is COc1cc(C)c(C(=O)NC(C)(CN)C(C)C)cc1OC.Cl. The maximum atomic E-state index is 12.5. The van der Waals surface area contributed by atoms with Crippen molar-refractivity contribution in [3.63, 3.8) is 0 Å². The quantitative estimate of drug-likeness (QED) is 0.840. The van der Waals surface area contributed by atoms with Gasteiger partial charge >= 0.3 is 0 Å². The topological polar surface area (TPSA) is 73.6 Å². The third kappa shape index (κ3) is 4.27. The zero-order valence-electron chi connectivity index (χ0n) is 14.1. The molecule has 0 aliphatic rings. The molecule has 1 unspecified atom stereocenters. The number of hydrogen-bond acceptors (Lipinski definition) is 4. The zero-order valence-corrected chi connectivity index (χ0v) is 15.0. The summed E-state index contributed by atoms with van der Waals surface area (Å²) in [5.74, 6) is 1.21. The number of rotatable bonds is 6. The summed E-state index contributed by atoms with van der Waals surface area (Å²) < 4.78 is 10.5. The van der Waals surface area contributed by atoms with Crippen LogP contribution < -0.4 is 20.5 Å². The average Bonchev–Trinajstić information content (AvgIpc) is 2.46. The smallest absolute Gasteiger partial charge is 0.252 e. The summed E-state index contributed by atoms with van der Waals surface area (Å²) in [6.45, 7) is 8.27. The number of nitrogens with one attached hydrogen (secondary N) is 1. The standard InChI is InChI=1S/C16H26N2O3.ClH/c1-10(2)16(4,9-17)18-15(19)12-8-14(21-6)13(20-5)7-11(12)3;/h7-8,10H,9,17H2,1-6H3,(H,18,19);1H. The Morgan fingerprint density at radius 3 is 2.18 bits per heavy atom. The van der Waals surface area contributed by atoms with Crippen molar-refractivity contribution in [2.24, 2.45) is 11.7 Å². The first-order valence-corrected chi connectivity index (χ1v) is 7.04. The van der Waals surface area contributed by atoms with E-state index in [1.807, 2.05) is 27.7 Å². The molecule has 6 heteroatoms. The van der Waals surface area contributed by atoms with E-state index in [1.165, 1.54) is 0 Å². The van der Waals surface area contributed by atoms with Crippen molar-refractivity contribution in [3.05, 3.63) is 23.3 Å². The van der Waals surface area contributed by atoms with Gasteiger partial charge in [-0.3, -0.25) is 4.79 Å². The molecule has 1 aromatic carbocycles. The highest BCUT2D eigenvalue weighted by molar-refractivity contribution is 5.97. The van der Waals surface area contributed by atoms with Gasteiger partial charge in [-0.1, -0.05) is 13.8 Å². The number of halogens is 1. The number of carbonyl (C=O) groups is 1. The van der Waals surface area contributed by atoms with Crippen LogP contribution in [0.3, 0.4) is 0 Å². The summed E-state index contributed by atoms with van der Waals surface area (Å²) in [7, 11) is 3.12. The van der Waals surface area contributed by atoms with E-state index in [4.69, 9.17) is 15.2 Å². The van der Waals surface area contributed by atoms with Crippen molar-refractivity contribution in [1.82, 2.24) is 5.32 Å². The first-order chi connectivity index (χ1) is 9.78. The van der Waals surface area contributed by atoms with Gasteiger partial charge < -0.3 is 20.5 Å². The maximum absolute atomic E-state index is 12.5. The molecule has 0 aliphatic carbocycles. The van der Waals surface area contributed by atoms with E-state index in [9.17, 15) is 4.79 Å². The van der Waals surface area contributed by atoms with Crippen LogP contribution in [0.4, 0.5) is 0 Å². The molecule has 22 heavy (non-hydrogen) atoms. The largest absolute Gasteiger partial charge is 0.493 e. The number of benzene rings is 1. The summed E-state index contributed by atoms with van der Waals surface area (Å²) in [4.78, 5) is 12.5. The first-order valence-electron chi connectivity index (χ1n) is 7.04. The summed E-state index contributed by atoms with van der Waals surface area (Å²) in [6.07, 6.45) is 0. The van der Waals surface area contributed by atoms with Crippen molar-refractivity contribution < 1.29 is 14.3 Å². The molecule has 1 amide bonds. The molecule has 0 spiro atoms. The molecule has 126 valence electrons. The van der Waals surface area contributed by atoms with E-state index in [0.717, 1.165) is 5.56 Å². The van der Waals surface area contributed by atoms with Crippen LogP contribution in [0.5, 0.6) is 11.5 Å². The van der Waals surface area contributed by atoms with Crippen LogP contribution in [-0.4, -0.2) is 32.2 Å². The highest BCUT2D eigenvalue weighted by Crippen LogP contribution is 2.30. The van der Waals surface area contributed by atoms with Gasteiger partial charge in [0.1, 0.15) is 0 Å². The average molecular weight is 331 g/mol. The Morgan fingerprint density at radius 1 is 1.27 bits per heavy atom. The highest BCUT2D eigenvalue weighted by Gasteiger charge is 2.29. The molecule has 0 saturated heterocycles. The lowest BCUT2D eigenvalue weighted by Crippen LogP contribution is -2.55. The van der Waals surface area contributed by atoms with Crippen LogP contribution in [0.2, 0.25) is 0 Å². The van der Waals surface area contributed by atoms with Gasteiger partial charge in [-0.2, -0.15) is 0 Å². The van der Waals surface area contributed by atoms with Gasteiger partial charge in [0.15, 0.2) is 11.5 Å². The monoisotopic (exact) mass is 330 g/mol. The fourth-order valence-electron chi connectivity index (χ4n) is 1.98. The summed E-state index contributed by atoms with van der Waals surface area (Å²) in [5, 5.41) is 3.03. The molecule has 0 saturated carbocycles. The van der Waals surface area contributed by atoms with Crippen LogP contribution in [0.15, 0.2) is 12.1 Å². The van der Waals surface area contributed by atoms with Crippen molar-refractivity contribution in [2.75, 3.05) is 20.8 Å². The zero-order chi connectivity index (χ0) is 16.2. The van der Waals surface area contributed by atoms with E-state index in [2.05, 4.69) is 5.32 Å². The molecule has 0 fully saturated rings. The van der Waals surface area contributed by atoms with E-state index < -0.39 is 5.54 Å². The molecule has 0 aliphatic heterocycles. The Hall–Kier alpha value is -1.46. The molecule has 0 aromatic heterocycles. The summed E-state index contributed by atoms with van der Waals surface area (Å²) in [6, 6.07) is 3.49. The van der Waals surface area contributed by atoms with E-state index >= 15 is 0 Å². The third-order valence-corrected chi connectivity index (χ3v) is 4.07.